The molecule has 1 aliphatic heterocycles. The van der Waals surface area contributed by atoms with Crippen LogP contribution in [-0.2, 0) is 9.53 Å². The Bertz CT molecular complexity index is 455. The van der Waals surface area contributed by atoms with Crippen molar-refractivity contribution in [2.75, 3.05) is 20.2 Å². The van der Waals surface area contributed by atoms with E-state index in [0.717, 1.165) is 32.4 Å². The molecule has 1 aliphatic rings. The van der Waals surface area contributed by atoms with Gasteiger partial charge < -0.3 is 10.1 Å². The summed E-state index contributed by atoms with van der Waals surface area (Å²) >= 11 is 0. The van der Waals surface area contributed by atoms with Gasteiger partial charge in [0.1, 0.15) is 6.04 Å². The van der Waals surface area contributed by atoms with Crippen LogP contribution in [0.1, 0.15) is 44.7 Å². The molecule has 22 heavy (non-hydrogen) atoms. The summed E-state index contributed by atoms with van der Waals surface area (Å²) in [7, 11) is 1.46. The highest BCUT2D eigenvalue weighted by atomic mass is 16.5. The predicted octanol–water partition coefficient (Wildman–Crippen LogP) is 2.75. The Morgan fingerprint density at radius 2 is 1.95 bits per heavy atom. The van der Waals surface area contributed by atoms with E-state index in [1.54, 1.807) is 0 Å². The lowest BCUT2D eigenvalue weighted by atomic mass is 9.99. The van der Waals surface area contributed by atoms with Gasteiger partial charge in [0.2, 0.25) is 0 Å². The maximum absolute atomic E-state index is 11.7. The van der Waals surface area contributed by atoms with Gasteiger partial charge in [0, 0.05) is 25.2 Å². The Kier molecular flexibility index (Phi) is 6.40. The molecule has 1 fully saturated rings. The number of nitrogens with zero attached hydrogens (tertiary/aromatic N) is 1. The molecule has 4 nitrogen and oxygen atoms in total. The summed E-state index contributed by atoms with van der Waals surface area (Å²) in [6.45, 7) is 6.41. The molecule has 0 spiro atoms. The van der Waals surface area contributed by atoms with Crippen molar-refractivity contribution in [1.29, 1.82) is 0 Å². The molecular weight excluding hydrogens is 276 g/mol. The molecule has 2 rings (SSSR count). The Morgan fingerprint density at radius 1 is 1.32 bits per heavy atom. The number of esters is 1. The first-order chi connectivity index (χ1) is 10.7. The molecule has 2 atom stereocenters. The summed E-state index contributed by atoms with van der Waals surface area (Å²) in [5.41, 5.74) is 1.37. The SMILES string of the molecule is CC[C@@H](NC1CCN([C@H](C)c2ccccc2)CC1)C(=O)OC. The quantitative estimate of drug-likeness (QED) is 0.821. The average Bonchev–Trinajstić information content (AvgIpc) is 2.59. The zero-order valence-electron chi connectivity index (χ0n) is 13.9. The number of ether oxygens (including phenoxy) is 1. The minimum Gasteiger partial charge on any atom is -0.468 e. The van der Waals surface area contributed by atoms with Gasteiger partial charge >= 0.3 is 5.97 Å². The van der Waals surface area contributed by atoms with Gasteiger partial charge in [0.05, 0.1) is 7.11 Å². The minimum atomic E-state index is -0.173. The van der Waals surface area contributed by atoms with E-state index in [-0.39, 0.29) is 12.0 Å². The molecule has 1 heterocycles. The fourth-order valence-corrected chi connectivity index (χ4v) is 3.18. The molecule has 4 heteroatoms. The monoisotopic (exact) mass is 304 g/mol. The number of carbonyl (C=O) groups is 1. The number of benzene rings is 1. The summed E-state index contributed by atoms with van der Waals surface area (Å²) in [5.74, 6) is -0.150. The Labute approximate surface area is 133 Å². The van der Waals surface area contributed by atoms with Crippen molar-refractivity contribution in [2.24, 2.45) is 0 Å². The zero-order chi connectivity index (χ0) is 15.9. The van der Waals surface area contributed by atoms with Crippen LogP contribution in [0.15, 0.2) is 30.3 Å². The number of hydrogen-bond donors (Lipinski definition) is 1. The maximum Gasteiger partial charge on any atom is 0.322 e. The molecular formula is C18H28N2O2. The van der Waals surface area contributed by atoms with Crippen LogP contribution in [0.25, 0.3) is 0 Å². The van der Waals surface area contributed by atoms with E-state index in [0.29, 0.717) is 12.1 Å². The maximum atomic E-state index is 11.7. The fraction of sp³-hybridized carbons (Fsp3) is 0.611. The molecule has 0 amide bonds. The number of carbonyl (C=O) groups excluding carboxylic acids is 1. The molecule has 0 aromatic heterocycles. The summed E-state index contributed by atoms with van der Waals surface area (Å²) in [6.07, 6.45) is 2.92. The number of piperidine rings is 1. The van der Waals surface area contributed by atoms with Crippen LogP contribution >= 0.6 is 0 Å². The highest BCUT2D eigenvalue weighted by Gasteiger charge is 2.26. The van der Waals surface area contributed by atoms with Crippen LogP contribution in [0.5, 0.6) is 0 Å². The third-order valence-corrected chi connectivity index (χ3v) is 4.69. The van der Waals surface area contributed by atoms with Crippen LogP contribution in [0.2, 0.25) is 0 Å². The van der Waals surface area contributed by atoms with E-state index in [4.69, 9.17) is 4.74 Å². The summed E-state index contributed by atoms with van der Waals surface area (Å²) in [4.78, 5) is 14.2. The number of methoxy groups -OCH3 is 1. The van der Waals surface area contributed by atoms with Crippen LogP contribution in [0.3, 0.4) is 0 Å². The van der Waals surface area contributed by atoms with Gasteiger partial charge in [-0.15, -0.1) is 0 Å². The number of hydrogen-bond acceptors (Lipinski definition) is 4. The first-order valence-electron chi connectivity index (χ1n) is 8.28. The normalized spacial score (nSPS) is 19.6. The second kappa shape index (κ2) is 8.30. The standard InChI is InChI=1S/C18H28N2O2/c1-4-17(18(21)22-3)19-16-10-12-20(13-11-16)14(2)15-8-6-5-7-9-15/h5-9,14,16-17,19H,4,10-13H2,1-3H3/t14-,17-/m1/s1. The lowest BCUT2D eigenvalue weighted by molar-refractivity contribution is -0.143. The molecule has 0 unspecified atom stereocenters. The van der Waals surface area contributed by atoms with Gasteiger partial charge in [-0.25, -0.2) is 0 Å². The van der Waals surface area contributed by atoms with Crippen molar-refractivity contribution < 1.29 is 9.53 Å². The Hall–Kier alpha value is -1.39. The van der Waals surface area contributed by atoms with Crippen molar-refractivity contribution in [3.8, 4) is 0 Å². The van der Waals surface area contributed by atoms with Crippen LogP contribution in [0, 0.1) is 0 Å². The lowest BCUT2D eigenvalue weighted by Gasteiger charge is -2.37. The summed E-state index contributed by atoms with van der Waals surface area (Å²) < 4.78 is 4.85. The van der Waals surface area contributed by atoms with Crippen molar-refractivity contribution >= 4 is 5.97 Å². The Morgan fingerprint density at radius 3 is 2.50 bits per heavy atom. The fourth-order valence-electron chi connectivity index (χ4n) is 3.18. The largest absolute Gasteiger partial charge is 0.468 e. The lowest BCUT2D eigenvalue weighted by Crippen LogP contribution is -2.49. The van der Waals surface area contributed by atoms with Gasteiger partial charge in [0.25, 0.3) is 0 Å². The molecule has 1 saturated heterocycles. The highest BCUT2D eigenvalue weighted by molar-refractivity contribution is 5.75. The van der Waals surface area contributed by atoms with E-state index in [2.05, 4.69) is 47.5 Å². The van der Waals surface area contributed by atoms with Crippen LogP contribution in [0.4, 0.5) is 0 Å². The van der Waals surface area contributed by atoms with Gasteiger partial charge in [0.15, 0.2) is 0 Å². The molecule has 0 saturated carbocycles. The van der Waals surface area contributed by atoms with E-state index in [1.807, 2.05) is 6.92 Å². The van der Waals surface area contributed by atoms with Gasteiger partial charge in [-0.05, 0) is 31.7 Å². The first-order valence-corrected chi connectivity index (χ1v) is 8.28. The number of nitrogens with one attached hydrogen (secondary N) is 1. The van der Waals surface area contributed by atoms with Gasteiger partial charge in [-0.3, -0.25) is 9.69 Å². The minimum absolute atomic E-state index is 0.150. The molecule has 0 bridgehead atoms. The van der Waals surface area contributed by atoms with Crippen molar-refractivity contribution in [3.05, 3.63) is 35.9 Å². The topological polar surface area (TPSA) is 41.6 Å². The second-order valence-electron chi connectivity index (χ2n) is 6.05. The third-order valence-electron chi connectivity index (χ3n) is 4.69. The Balaban J connectivity index is 1.84. The molecule has 1 aromatic rings. The van der Waals surface area contributed by atoms with E-state index in [9.17, 15) is 4.79 Å². The summed E-state index contributed by atoms with van der Waals surface area (Å²) in [6, 6.07) is 11.3. The van der Waals surface area contributed by atoms with Crippen molar-refractivity contribution in [3.63, 3.8) is 0 Å². The number of rotatable bonds is 6. The second-order valence-corrected chi connectivity index (χ2v) is 6.05. The highest BCUT2D eigenvalue weighted by Crippen LogP contribution is 2.24. The number of likely N-dealkylation sites (tertiary alicyclic amines) is 1. The van der Waals surface area contributed by atoms with Crippen molar-refractivity contribution in [1.82, 2.24) is 10.2 Å². The third kappa shape index (κ3) is 4.31. The zero-order valence-corrected chi connectivity index (χ0v) is 13.9. The van der Waals surface area contributed by atoms with Crippen LogP contribution < -0.4 is 5.32 Å². The average molecular weight is 304 g/mol. The smallest absolute Gasteiger partial charge is 0.322 e. The van der Waals surface area contributed by atoms with E-state index < -0.39 is 0 Å². The molecule has 1 aromatic carbocycles. The summed E-state index contributed by atoms with van der Waals surface area (Å²) in [5, 5.41) is 3.45. The molecule has 0 radical (unpaired) electrons. The molecule has 1 N–H and O–H groups in total. The predicted molar refractivity (Wildman–Crippen MR) is 88.7 cm³/mol. The van der Waals surface area contributed by atoms with E-state index in [1.165, 1.54) is 12.7 Å². The molecule has 122 valence electrons. The van der Waals surface area contributed by atoms with Gasteiger partial charge in [-0.1, -0.05) is 37.3 Å². The van der Waals surface area contributed by atoms with E-state index >= 15 is 0 Å². The first kappa shape index (κ1) is 17.0. The van der Waals surface area contributed by atoms with Crippen LogP contribution in [-0.4, -0.2) is 43.2 Å². The van der Waals surface area contributed by atoms with Gasteiger partial charge in [-0.2, -0.15) is 0 Å². The van der Waals surface area contributed by atoms with Crippen molar-refractivity contribution in [2.45, 2.75) is 51.2 Å². The molecule has 0 aliphatic carbocycles.